The number of hydrogen-bond acceptors (Lipinski definition) is 4. The average molecular weight is 343 g/mol. The predicted octanol–water partition coefficient (Wildman–Crippen LogP) is 2.72. The van der Waals surface area contributed by atoms with Gasteiger partial charge in [0.2, 0.25) is 0 Å². The summed E-state index contributed by atoms with van der Waals surface area (Å²) in [5.74, 6) is -2.54. The summed E-state index contributed by atoms with van der Waals surface area (Å²) in [5.41, 5.74) is 1.57. The van der Waals surface area contributed by atoms with E-state index in [0.29, 0.717) is 5.75 Å². The quantitative estimate of drug-likeness (QED) is 0.743. The second-order valence-corrected chi connectivity index (χ2v) is 5.52. The molecule has 0 radical (unpaired) electrons. The van der Waals surface area contributed by atoms with Crippen molar-refractivity contribution in [2.75, 3.05) is 11.9 Å². The molecule has 0 aliphatic rings. The van der Waals surface area contributed by atoms with Gasteiger partial charge in [-0.05, 0) is 43.7 Å². The molecule has 2 aromatic rings. The molecular weight excluding hydrogens is 326 g/mol. The van der Waals surface area contributed by atoms with Gasteiger partial charge >= 0.3 is 11.9 Å². The number of hydrogen-bond donors (Lipinski definition) is 3. The van der Waals surface area contributed by atoms with Gasteiger partial charge in [-0.15, -0.1) is 0 Å². The topological polar surface area (TPSA) is 113 Å². The molecule has 0 fully saturated rings. The van der Waals surface area contributed by atoms with Crippen molar-refractivity contribution in [3.05, 3.63) is 58.7 Å². The van der Waals surface area contributed by atoms with Gasteiger partial charge in [0.1, 0.15) is 5.75 Å². The molecule has 3 N–H and O–H groups in total. The molecule has 7 nitrogen and oxygen atoms in total. The maximum atomic E-state index is 12.0. The van der Waals surface area contributed by atoms with Gasteiger partial charge in [-0.25, -0.2) is 9.59 Å². The Bertz CT molecular complexity index is 811. The second kappa shape index (κ2) is 7.48. The Hall–Kier alpha value is -3.35. The van der Waals surface area contributed by atoms with E-state index in [-0.39, 0.29) is 23.4 Å². The van der Waals surface area contributed by atoms with E-state index in [1.807, 2.05) is 26.0 Å². The van der Waals surface area contributed by atoms with Crippen LogP contribution in [0.4, 0.5) is 5.69 Å². The smallest absolute Gasteiger partial charge is 0.335 e. The van der Waals surface area contributed by atoms with Crippen molar-refractivity contribution >= 4 is 23.5 Å². The van der Waals surface area contributed by atoms with Crippen LogP contribution >= 0.6 is 0 Å². The molecule has 130 valence electrons. The average Bonchev–Trinajstić information content (AvgIpc) is 2.53. The molecule has 0 aromatic heterocycles. The highest BCUT2D eigenvalue weighted by atomic mass is 16.5. The zero-order chi connectivity index (χ0) is 18.6. The number of nitrogens with one attached hydrogen (secondary N) is 1. The molecule has 0 unspecified atom stereocenters. The van der Waals surface area contributed by atoms with Gasteiger partial charge in [-0.3, -0.25) is 4.79 Å². The minimum atomic E-state index is -1.29. The third-order valence-corrected chi connectivity index (χ3v) is 3.40. The summed E-state index contributed by atoms with van der Waals surface area (Å²) in [4.78, 5) is 34.1. The highest BCUT2D eigenvalue weighted by Gasteiger charge is 2.13. The number of rotatable bonds is 6. The maximum absolute atomic E-state index is 12.0. The van der Waals surface area contributed by atoms with E-state index in [0.717, 1.165) is 17.2 Å². The largest absolute Gasteiger partial charge is 0.483 e. The lowest BCUT2D eigenvalue weighted by atomic mass is 10.1. The highest BCUT2D eigenvalue weighted by molar-refractivity contribution is 5.98. The van der Waals surface area contributed by atoms with E-state index < -0.39 is 17.8 Å². The molecule has 1 amide bonds. The molecule has 0 aliphatic heterocycles. The van der Waals surface area contributed by atoms with Crippen LogP contribution < -0.4 is 10.1 Å². The van der Waals surface area contributed by atoms with Crippen LogP contribution in [0.2, 0.25) is 0 Å². The summed E-state index contributed by atoms with van der Waals surface area (Å²) in [6.45, 7) is 3.51. The van der Waals surface area contributed by atoms with E-state index in [9.17, 15) is 14.4 Å². The number of ether oxygens (including phenoxy) is 1. The number of aromatic carboxylic acids is 2. The third-order valence-electron chi connectivity index (χ3n) is 3.40. The van der Waals surface area contributed by atoms with Crippen LogP contribution in [0.3, 0.4) is 0 Å². The number of aryl methyl sites for hydroxylation is 2. The molecule has 25 heavy (non-hydrogen) atoms. The molecule has 0 heterocycles. The van der Waals surface area contributed by atoms with Crippen LogP contribution in [-0.4, -0.2) is 34.7 Å². The predicted molar refractivity (Wildman–Crippen MR) is 90.4 cm³/mol. The fourth-order valence-electron chi connectivity index (χ4n) is 2.25. The minimum Gasteiger partial charge on any atom is -0.483 e. The third kappa shape index (κ3) is 4.81. The standard InChI is InChI=1S/C18H17NO6/c1-10-3-4-15(11(2)5-10)25-9-16(20)19-14-7-12(17(21)22)6-13(8-14)18(23)24/h3-8H,9H2,1-2H3,(H,19,20)(H,21,22)(H,23,24). The van der Waals surface area contributed by atoms with Gasteiger partial charge in [0.25, 0.3) is 5.91 Å². The summed E-state index contributed by atoms with van der Waals surface area (Å²) in [6, 6.07) is 8.92. The van der Waals surface area contributed by atoms with Crippen molar-refractivity contribution in [3.63, 3.8) is 0 Å². The second-order valence-electron chi connectivity index (χ2n) is 5.52. The van der Waals surface area contributed by atoms with Crippen LogP contribution in [0.15, 0.2) is 36.4 Å². The lowest BCUT2D eigenvalue weighted by molar-refractivity contribution is -0.118. The number of carbonyl (C=O) groups is 3. The fraction of sp³-hybridized carbons (Fsp3) is 0.167. The van der Waals surface area contributed by atoms with E-state index in [1.54, 1.807) is 6.07 Å². The van der Waals surface area contributed by atoms with Crippen molar-refractivity contribution in [2.24, 2.45) is 0 Å². The fourth-order valence-corrected chi connectivity index (χ4v) is 2.25. The van der Waals surface area contributed by atoms with Gasteiger partial charge < -0.3 is 20.3 Å². The number of carboxylic acids is 2. The van der Waals surface area contributed by atoms with Crippen LogP contribution in [0.1, 0.15) is 31.8 Å². The van der Waals surface area contributed by atoms with Crippen LogP contribution in [0.25, 0.3) is 0 Å². The van der Waals surface area contributed by atoms with Gasteiger partial charge in [0.05, 0.1) is 11.1 Å². The molecule has 0 saturated carbocycles. The number of anilines is 1. The zero-order valence-electron chi connectivity index (χ0n) is 13.7. The monoisotopic (exact) mass is 343 g/mol. The molecular formula is C18H17NO6. The summed E-state index contributed by atoms with van der Waals surface area (Å²) in [6.07, 6.45) is 0. The number of carbonyl (C=O) groups excluding carboxylic acids is 1. The lowest BCUT2D eigenvalue weighted by Crippen LogP contribution is -2.21. The Morgan fingerprint density at radius 2 is 1.56 bits per heavy atom. The van der Waals surface area contributed by atoms with Crippen LogP contribution in [-0.2, 0) is 4.79 Å². The first-order chi connectivity index (χ1) is 11.8. The Labute approximate surface area is 143 Å². The highest BCUT2D eigenvalue weighted by Crippen LogP contribution is 2.19. The molecule has 0 bridgehead atoms. The normalized spacial score (nSPS) is 10.2. The Balaban J connectivity index is 2.09. The number of amides is 1. The summed E-state index contributed by atoms with van der Waals surface area (Å²) in [7, 11) is 0. The Morgan fingerprint density at radius 3 is 2.08 bits per heavy atom. The molecule has 2 aromatic carbocycles. The van der Waals surface area contributed by atoms with Crippen LogP contribution in [0.5, 0.6) is 5.75 Å². The molecule has 7 heteroatoms. The van der Waals surface area contributed by atoms with Gasteiger partial charge in [0, 0.05) is 5.69 Å². The molecule has 0 atom stereocenters. The van der Waals surface area contributed by atoms with E-state index in [2.05, 4.69) is 5.32 Å². The van der Waals surface area contributed by atoms with Crippen molar-refractivity contribution in [1.82, 2.24) is 0 Å². The van der Waals surface area contributed by atoms with Crippen molar-refractivity contribution in [2.45, 2.75) is 13.8 Å². The SMILES string of the molecule is Cc1ccc(OCC(=O)Nc2cc(C(=O)O)cc(C(=O)O)c2)c(C)c1. The van der Waals surface area contributed by atoms with E-state index in [4.69, 9.17) is 14.9 Å². The number of carboxylic acid groups (broad SMARTS) is 2. The van der Waals surface area contributed by atoms with E-state index in [1.165, 1.54) is 12.1 Å². The van der Waals surface area contributed by atoms with Crippen molar-refractivity contribution < 1.29 is 29.3 Å². The molecule has 0 spiro atoms. The van der Waals surface area contributed by atoms with Crippen LogP contribution in [0, 0.1) is 13.8 Å². The first-order valence-corrected chi connectivity index (χ1v) is 7.38. The Morgan fingerprint density at radius 1 is 0.960 bits per heavy atom. The Kier molecular flexibility index (Phi) is 5.38. The first kappa shape index (κ1) is 18.0. The lowest BCUT2D eigenvalue weighted by Gasteiger charge is -2.11. The van der Waals surface area contributed by atoms with Gasteiger partial charge in [0.15, 0.2) is 6.61 Å². The summed E-state index contributed by atoms with van der Waals surface area (Å²) in [5, 5.41) is 20.5. The van der Waals surface area contributed by atoms with Crippen molar-refractivity contribution in [1.29, 1.82) is 0 Å². The minimum absolute atomic E-state index is 0.0755. The zero-order valence-corrected chi connectivity index (χ0v) is 13.7. The molecule has 2 rings (SSSR count). The van der Waals surface area contributed by atoms with Crippen molar-refractivity contribution in [3.8, 4) is 5.75 Å². The first-order valence-electron chi connectivity index (χ1n) is 7.38. The van der Waals surface area contributed by atoms with Gasteiger partial charge in [-0.2, -0.15) is 0 Å². The van der Waals surface area contributed by atoms with Gasteiger partial charge in [-0.1, -0.05) is 17.7 Å². The van der Waals surface area contributed by atoms with E-state index >= 15 is 0 Å². The molecule has 0 saturated heterocycles. The maximum Gasteiger partial charge on any atom is 0.335 e. The number of benzene rings is 2. The summed E-state index contributed by atoms with van der Waals surface area (Å²) >= 11 is 0. The molecule has 0 aliphatic carbocycles. The summed E-state index contributed by atoms with van der Waals surface area (Å²) < 4.78 is 5.44.